The van der Waals surface area contributed by atoms with Crippen LogP contribution in [0.3, 0.4) is 0 Å². The molecular formula is C27H29NSiSn. The van der Waals surface area contributed by atoms with Crippen molar-refractivity contribution >= 4 is 50.5 Å². The van der Waals surface area contributed by atoms with E-state index in [2.05, 4.69) is 141 Å². The molecule has 150 valence electrons. The fourth-order valence-corrected chi connectivity index (χ4v) is 5.86. The summed E-state index contributed by atoms with van der Waals surface area (Å²) < 4.78 is 2.51. The summed E-state index contributed by atoms with van der Waals surface area (Å²) in [4.78, 5) is 7.09. The summed E-state index contributed by atoms with van der Waals surface area (Å²) in [6, 6.07) is 43.1. The minimum atomic E-state index is -1.21. The van der Waals surface area contributed by atoms with Gasteiger partial charge in [-0.25, -0.2) is 0 Å². The van der Waals surface area contributed by atoms with Crippen LogP contribution in [0.2, 0.25) is 14.8 Å². The van der Waals surface area contributed by atoms with Crippen molar-refractivity contribution in [1.29, 1.82) is 0 Å². The van der Waals surface area contributed by atoms with Gasteiger partial charge in [0, 0.05) is 11.4 Å². The molecule has 0 atom stereocenters. The number of nitrogens with zero attached hydrogens (tertiary/aromatic N) is 1. The molecule has 4 aromatic rings. The van der Waals surface area contributed by atoms with E-state index in [9.17, 15) is 0 Å². The molecule has 0 aliphatic heterocycles. The Labute approximate surface area is 190 Å². The molecule has 4 aromatic carbocycles. The van der Waals surface area contributed by atoms with Gasteiger partial charge in [0.25, 0.3) is 0 Å². The molecule has 0 N–H and O–H groups in total. The summed E-state index contributed by atoms with van der Waals surface area (Å²) in [7, 11) is -1.21. The molecule has 0 aliphatic rings. The van der Waals surface area contributed by atoms with Gasteiger partial charge in [0.1, 0.15) is 0 Å². The number of para-hydroxylation sites is 2. The fraction of sp³-hybridized carbons (Fsp3) is 0.111. The van der Waals surface area contributed by atoms with E-state index in [-0.39, 0.29) is 0 Å². The third-order valence-corrected chi connectivity index (χ3v) is 7.07. The summed E-state index contributed by atoms with van der Waals surface area (Å²) in [6.45, 7) is 0. The van der Waals surface area contributed by atoms with Crippen LogP contribution in [-0.2, 0) is 0 Å². The second-order valence-electron chi connectivity index (χ2n) is 7.59. The maximum atomic E-state index is 2.51. The summed E-state index contributed by atoms with van der Waals surface area (Å²) >= 11 is -0.543. The van der Waals surface area contributed by atoms with Gasteiger partial charge < -0.3 is 4.57 Å². The molecule has 2 radical (unpaired) electrons. The van der Waals surface area contributed by atoms with Crippen LogP contribution < -0.4 is 14.9 Å². The molecular weight excluding hydrogens is 485 g/mol. The second-order valence-corrected chi connectivity index (χ2v) is 18.4. The first kappa shape index (κ1) is 22.4. The topological polar surface area (TPSA) is 3.24 Å². The van der Waals surface area contributed by atoms with Gasteiger partial charge in [0.05, 0.1) is 0 Å². The molecule has 3 heteroatoms. The Hall–Kier alpha value is -2.30. The zero-order valence-corrected chi connectivity index (χ0v) is 21.8. The quantitative estimate of drug-likeness (QED) is 0.296. The van der Waals surface area contributed by atoms with Gasteiger partial charge in [-0.15, -0.1) is 0 Å². The standard InChI is InChI=1S/C24H20NSi.3CH3.Sn/c1-5-13-21(14-6-1)25(22-15-7-2-8-16-22)26(23-17-9-3-10-18-23)24-19-11-4-12-20-24;;;;/h1-20H;3*1H3;. The molecule has 0 heterocycles. The smallest absolute Gasteiger partial charge is 0.247 e. The van der Waals surface area contributed by atoms with E-state index >= 15 is 0 Å². The van der Waals surface area contributed by atoms with Gasteiger partial charge in [-0.2, -0.15) is 0 Å². The van der Waals surface area contributed by atoms with Crippen molar-refractivity contribution in [2.24, 2.45) is 0 Å². The van der Waals surface area contributed by atoms with Crippen LogP contribution in [-0.4, -0.2) is 28.7 Å². The first-order valence-corrected chi connectivity index (χ1v) is 20.3. The van der Waals surface area contributed by atoms with Gasteiger partial charge in [-0.05, 0) is 34.6 Å². The van der Waals surface area contributed by atoms with Crippen molar-refractivity contribution in [2.75, 3.05) is 4.57 Å². The van der Waals surface area contributed by atoms with Crippen LogP contribution in [0.5, 0.6) is 0 Å². The molecule has 0 unspecified atom stereocenters. The van der Waals surface area contributed by atoms with Crippen LogP contribution in [0.15, 0.2) is 121 Å². The van der Waals surface area contributed by atoms with E-state index in [0.717, 1.165) is 0 Å². The van der Waals surface area contributed by atoms with Gasteiger partial charge in [-0.3, -0.25) is 0 Å². The minimum Gasteiger partial charge on any atom is -0.360 e. The number of hydrogen-bond acceptors (Lipinski definition) is 1. The number of benzene rings is 4. The molecule has 0 bridgehead atoms. The van der Waals surface area contributed by atoms with Gasteiger partial charge >= 0.3 is 34.6 Å². The van der Waals surface area contributed by atoms with E-state index in [1.807, 2.05) is 0 Å². The predicted molar refractivity (Wildman–Crippen MR) is 136 cm³/mol. The average Bonchev–Trinajstić information content (AvgIpc) is 2.79. The maximum absolute atomic E-state index is 2.51. The Balaban J connectivity index is 0.000000589. The van der Waals surface area contributed by atoms with Crippen molar-refractivity contribution < 1.29 is 0 Å². The molecule has 30 heavy (non-hydrogen) atoms. The summed E-state index contributed by atoms with van der Waals surface area (Å²) in [5.74, 6) is 0. The van der Waals surface area contributed by atoms with E-state index in [0.29, 0.717) is 0 Å². The minimum absolute atomic E-state index is 0.543. The molecule has 4 rings (SSSR count). The molecule has 0 amide bonds. The average molecular weight is 514 g/mol. The van der Waals surface area contributed by atoms with Crippen molar-refractivity contribution in [3.63, 3.8) is 0 Å². The summed E-state index contributed by atoms with van der Waals surface area (Å²) in [6.07, 6.45) is 0. The normalized spacial score (nSPS) is 10.4. The molecule has 0 fully saturated rings. The largest absolute Gasteiger partial charge is 0.360 e. The number of rotatable bonds is 5. The van der Waals surface area contributed by atoms with Crippen LogP contribution in [0.25, 0.3) is 0 Å². The van der Waals surface area contributed by atoms with Crippen LogP contribution in [0.4, 0.5) is 11.4 Å². The molecule has 0 saturated heterocycles. The van der Waals surface area contributed by atoms with Crippen molar-refractivity contribution in [1.82, 2.24) is 0 Å². The first-order chi connectivity index (χ1) is 14.7. The Bertz CT molecular complexity index is 814. The van der Waals surface area contributed by atoms with E-state index in [1.54, 1.807) is 0 Å². The van der Waals surface area contributed by atoms with Gasteiger partial charge in [0.2, 0.25) is 8.96 Å². The Morgan fingerprint density at radius 3 is 1.03 bits per heavy atom. The maximum Gasteiger partial charge on any atom is 0.247 e. The fourth-order valence-electron chi connectivity index (χ4n) is 3.18. The molecule has 0 spiro atoms. The van der Waals surface area contributed by atoms with Crippen molar-refractivity contribution in [3.05, 3.63) is 121 Å². The Morgan fingerprint density at radius 2 is 0.733 bits per heavy atom. The van der Waals surface area contributed by atoms with Crippen LogP contribution in [0, 0.1) is 0 Å². The van der Waals surface area contributed by atoms with Crippen molar-refractivity contribution in [3.8, 4) is 0 Å². The van der Waals surface area contributed by atoms with E-state index in [1.165, 1.54) is 21.7 Å². The molecule has 0 aliphatic carbocycles. The number of anilines is 2. The molecule has 0 saturated carbocycles. The number of hydrogen-bond donors (Lipinski definition) is 0. The van der Waals surface area contributed by atoms with Crippen molar-refractivity contribution in [2.45, 2.75) is 14.8 Å². The van der Waals surface area contributed by atoms with E-state index < -0.39 is 28.7 Å². The SMILES string of the molecule is [CH3][Sn]([CH3])[CH3].c1ccc(N(c2ccccc2)[Si](c2ccccc2)c2ccccc2)cc1. The van der Waals surface area contributed by atoms with Gasteiger partial charge in [-0.1, -0.05) is 97.1 Å². The Morgan fingerprint density at radius 1 is 0.467 bits per heavy atom. The second kappa shape index (κ2) is 11.8. The Kier molecular flexibility index (Phi) is 8.78. The third kappa shape index (κ3) is 6.35. The summed E-state index contributed by atoms with van der Waals surface area (Å²) in [5, 5.41) is 2.74. The van der Waals surface area contributed by atoms with E-state index in [4.69, 9.17) is 0 Å². The first-order valence-electron chi connectivity index (χ1n) is 10.3. The van der Waals surface area contributed by atoms with Crippen LogP contribution >= 0.6 is 0 Å². The van der Waals surface area contributed by atoms with Gasteiger partial charge in [0.15, 0.2) is 0 Å². The third-order valence-electron chi connectivity index (χ3n) is 4.35. The summed E-state index contributed by atoms with van der Waals surface area (Å²) in [5.41, 5.74) is 2.44. The zero-order chi connectivity index (χ0) is 21.2. The van der Waals surface area contributed by atoms with Crippen LogP contribution in [0.1, 0.15) is 0 Å². The monoisotopic (exact) mass is 515 g/mol. The zero-order valence-electron chi connectivity index (χ0n) is 18.0. The predicted octanol–water partition coefficient (Wildman–Crippen LogP) is 6.00. The molecule has 0 aromatic heterocycles. The molecule has 1 nitrogen and oxygen atoms in total.